The van der Waals surface area contributed by atoms with Gasteiger partial charge in [-0.15, -0.1) is 0 Å². The van der Waals surface area contributed by atoms with E-state index in [9.17, 15) is 19.2 Å². The van der Waals surface area contributed by atoms with Gasteiger partial charge in [-0.05, 0) is 42.8 Å². The molecule has 0 unspecified atom stereocenters. The molecule has 166 valence electrons. The Kier molecular flexibility index (Phi) is 10.3. The summed E-state index contributed by atoms with van der Waals surface area (Å²) in [5.74, 6) is -1.57. The Morgan fingerprint density at radius 3 is 1.84 bits per heavy atom. The number of esters is 4. The van der Waals surface area contributed by atoms with E-state index in [2.05, 4.69) is 0 Å². The fourth-order valence-corrected chi connectivity index (χ4v) is 2.07. The standard InChI is InChI=1S/C12H12O6.C10H12O3/c1-7(13)16-10-4-5-11(17-8(2)14)12(6-10)18-9(3)15;1-2-7-13-10(12)8-3-5-9(11)6-4-8/h4-6H,1-3H3;3-6,11H,2,7H2,1H3. The first kappa shape index (κ1) is 25.2. The van der Waals surface area contributed by atoms with Crippen LogP contribution in [0.1, 0.15) is 44.5 Å². The third-order valence-electron chi connectivity index (χ3n) is 3.22. The Balaban J connectivity index is 0.000000327. The van der Waals surface area contributed by atoms with Crippen LogP contribution in [-0.4, -0.2) is 35.6 Å². The average Bonchev–Trinajstić information content (AvgIpc) is 2.68. The molecule has 1 N–H and O–H groups in total. The highest BCUT2D eigenvalue weighted by atomic mass is 16.6. The van der Waals surface area contributed by atoms with E-state index in [0.717, 1.165) is 6.42 Å². The van der Waals surface area contributed by atoms with Crippen LogP contribution in [0.15, 0.2) is 42.5 Å². The van der Waals surface area contributed by atoms with Gasteiger partial charge in [0.1, 0.15) is 11.5 Å². The molecule has 0 aromatic heterocycles. The molecule has 9 heteroatoms. The maximum atomic E-state index is 11.2. The number of rotatable bonds is 6. The van der Waals surface area contributed by atoms with E-state index in [1.165, 1.54) is 63.2 Å². The molecular formula is C22H24O9. The molecule has 0 saturated heterocycles. The van der Waals surface area contributed by atoms with Crippen molar-refractivity contribution in [3.05, 3.63) is 48.0 Å². The fraction of sp³-hybridized carbons (Fsp3) is 0.273. The maximum absolute atomic E-state index is 11.2. The highest BCUT2D eigenvalue weighted by Gasteiger charge is 2.12. The zero-order chi connectivity index (χ0) is 23.4. The zero-order valence-corrected chi connectivity index (χ0v) is 17.7. The lowest BCUT2D eigenvalue weighted by Gasteiger charge is -2.10. The minimum atomic E-state index is -0.580. The van der Waals surface area contributed by atoms with Crippen LogP contribution in [0.25, 0.3) is 0 Å². The lowest BCUT2D eigenvalue weighted by Crippen LogP contribution is -2.08. The van der Waals surface area contributed by atoms with Crippen molar-refractivity contribution < 1.29 is 43.2 Å². The van der Waals surface area contributed by atoms with Gasteiger partial charge in [-0.1, -0.05) is 6.92 Å². The number of hydrogen-bond acceptors (Lipinski definition) is 9. The van der Waals surface area contributed by atoms with Crippen molar-refractivity contribution in [2.75, 3.05) is 6.61 Å². The lowest BCUT2D eigenvalue weighted by atomic mass is 10.2. The largest absolute Gasteiger partial charge is 0.508 e. The summed E-state index contributed by atoms with van der Waals surface area (Å²) < 4.78 is 19.4. The number of carbonyl (C=O) groups excluding carboxylic acids is 4. The molecule has 0 bridgehead atoms. The molecule has 2 rings (SSSR count). The van der Waals surface area contributed by atoms with Crippen molar-refractivity contribution in [1.29, 1.82) is 0 Å². The summed E-state index contributed by atoms with van der Waals surface area (Å²) in [6, 6.07) is 10.1. The Bertz CT molecular complexity index is 917. The van der Waals surface area contributed by atoms with E-state index in [1.807, 2.05) is 6.92 Å². The molecule has 2 aromatic carbocycles. The van der Waals surface area contributed by atoms with Crippen molar-refractivity contribution in [1.82, 2.24) is 0 Å². The van der Waals surface area contributed by atoms with E-state index in [0.29, 0.717) is 12.2 Å². The molecule has 0 radical (unpaired) electrons. The number of ether oxygens (including phenoxy) is 4. The van der Waals surface area contributed by atoms with Gasteiger partial charge in [0, 0.05) is 26.8 Å². The molecule has 0 spiro atoms. The highest BCUT2D eigenvalue weighted by molar-refractivity contribution is 5.89. The zero-order valence-electron chi connectivity index (χ0n) is 17.7. The number of carbonyl (C=O) groups is 4. The predicted octanol–water partition coefficient (Wildman–Crippen LogP) is 3.42. The molecule has 2 aromatic rings. The van der Waals surface area contributed by atoms with Crippen molar-refractivity contribution in [3.8, 4) is 23.0 Å². The molecular weight excluding hydrogens is 408 g/mol. The number of phenols is 1. The molecule has 0 amide bonds. The van der Waals surface area contributed by atoms with Gasteiger partial charge in [0.2, 0.25) is 0 Å². The Hall–Kier alpha value is -3.88. The normalized spacial score (nSPS) is 9.55. The van der Waals surface area contributed by atoms with Crippen LogP contribution in [0.5, 0.6) is 23.0 Å². The number of aromatic hydroxyl groups is 1. The van der Waals surface area contributed by atoms with E-state index in [-0.39, 0.29) is 29.0 Å². The summed E-state index contributed by atoms with van der Waals surface area (Å²) in [6.45, 7) is 6.03. The third-order valence-corrected chi connectivity index (χ3v) is 3.22. The van der Waals surface area contributed by atoms with Crippen LogP contribution in [-0.2, 0) is 19.1 Å². The van der Waals surface area contributed by atoms with Crippen LogP contribution in [0.2, 0.25) is 0 Å². The van der Waals surface area contributed by atoms with Gasteiger partial charge in [-0.25, -0.2) is 4.79 Å². The number of phenolic OH excluding ortho intramolecular Hbond substituents is 1. The van der Waals surface area contributed by atoms with E-state index < -0.39 is 17.9 Å². The Morgan fingerprint density at radius 1 is 0.774 bits per heavy atom. The van der Waals surface area contributed by atoms with Crippen LogP contribution in [0, 0.1) is 0 Å². The van der Waals surface area contributed by atoms with E-state index in [1.54, 1.807) is 0 Å². The lowest BCUT2D eigenvalue weighted by molar-refractivity contribution is -0.134. The molecule has 0 aliphatic carbocycles. The molecule has 0 aliphatic heterocycles. The van der Waals surface area contributed by atoms with Crippen molar-refractivity contribution >= 4 is 23.9 Å². The molecule has 31 heavy (non-hydrogen) atoms. The van der Waals surface area contributed by atoms with Crippen LogP contribution >= 0.6 is 0 Å². The van der Waals surface area contributed by atoms with Crippen LogP contribution < -0.4 is 14.2 Å². The Morgan fingerprint density at radius 2 is 1.32 bits per heavy atom. The van der Waals surface area contributed by atoms with Gasteiger partial charge < -0.3 is 24.1 Å². The molecule has 9 nitrogen and oxygen atoms in total. The van der Waals surface area contributed by atoms with Gasteiger partial charge in [0.15, 0.2) is 11.5 Å². The number of hydrogen-bond donors (Lipinski definition) is 1. The summed E-state index contributed by atoms with van der Waals surface area (Å²) >= 11 is 0. The predicted molar refractivity (Wildman–Crippen MR) is 109 cm³/mol. The summed E-state index contributed by atoms with van der Waals surface area (Å²) in [7, 11) is 0. The van der Waals surface area contributed by atoms with Gasteiger partial charge in [0.25, 0.3) is 0 Å². The first-order valence-electron chi connectivity index (χ1n) is 9.27. The number of benzene rings is 2. The minimum absolute atomic E-state index is 0.0106. The van der Waals surface area contributed by atoms with Crippen LogP contribution in [0.4, 0.5) is 0 Å². The summed E-state index contributed by atoms with van der Waals surface area (Å²) in [6.07, 6.45) is 0.809. The minimum Gasteiger partial charge on any atom is -0.508 e. The second kappa shape index (κ2) is 12.6. The molecule has 0 saturated carbocycles. The molecule has 0 fully saturated rings. The van der Waals surface area contributed by atoms with E-state index in [4.69, 9.17) is 24.1 Å². The maximum Gasteiger partial charge on any atom is 0.338 e. The second-order valence-electron chi connectivity index (χ2n) is 6.07. The van der Waals surface area contributed by atoms with Crippen molar-refractivity contribution in [2.45, 2.75) is 34.1 Å². The Labute approximate surface area is 179 Å². The van der Waals surface area contributed by atoms with Crippen LogP contribution in [0.3, 0.4) is 0 Å². The first-order valence-corrected chi connectivity index (χ1v) is 9.27. The topological polar surface area (TPSA) is 125 Å². The average molecular weight is 432 g/mol. The van der Waals surface area contributed by atoms with Gasteiger partial charge in [-0.2, -0.15) is 0 Å². The summed E-state index contributed by atoms with van der Waals surface area (Å²) in [5, 5.41) is 8.96. The molecule has 0 heterocycles. The van der Waals surface area contributed by atoms with Crippen molar-refractivity contribution in [2.24, 2.45) is 0 Å². The van der Waals surface area contributed by atoms with Gasteiger partial charge in [0.05, 0.1) is 12.2 Å². The molecule has 0 aliphatic rings. The van der Waals surface area contributed by atoms with Gasteiger partial charge in [-0.3, -0.25) is 14.4 Å². The second-order valence-corrected chi connectivity index (χ2v) is 6.07. The van der Waals surface area contributed by atoms with Gasteiger partial charge >= 0.3 is 23.9 Å². The monoisotopic (exact) mass is 432 g/mol. The summed E-state index contributed by atoms with van der Waals surface area (Å²) in [4.78, 5) is 43.8. The quantitative estimate of drug-likeness (QED) is 0.540. The first-order chi connectivity index (χ1) is 14.6. The van der Waals surface area contributed by atoms with Crippen molar-refractivity contribution in [3.63, 3.8) is 0 Å². The fourth-order valence-electron chi connectivity index (χ4n) is 2.07. The summed E-state index contributed by atoms with van der Waals surface area (Å²) in [5.41, 5.74) is 0.464. The van der Waals surface area contributed by atoms with E-state index >= 15 is 0 Å². The smallest absolute Gasteiger partial charge is 0.338 e. The SMILES string of the molecule is CC(=O)Oc1ccc(OC(C)=O)c(OC(C)=O)c1.CCCOC(=O)c1ccc(O)cc1. The highest BCUT2D eigenvalue weighted by Crippen LogP contribution is 2.32. The molecule has 0 atom stereocenters. The third kappa shape index (κ3) is 9.93.